The fourth-order valence-electron chi connectivity index (χ4n) is 1.73. The van der Waals surface area contributed by atoms with Crippen LogP contribution in [-0.4, -0.2) is 22.3 Å². The SMILES string of the molecule is Cc1cc(C)c(C(=O)O)cc1C=NNc1nc(N)cs1. The number of carboxylic acids is 1. The van der Waals surface area contributed by atoms with Crippen LogP contribution in [0.3, 0.4) is 0 Å². The van der Waals surface area contributed by atoms with Crippen molar-refractivity contribution >= 4 is 34.5 Å². The second-order valence-corrected chi connectivity index (χ2v) is 5.13. The average Bonchev–Trinajstić information content (AvgIpc) is 2.77. The first-order valence-corrected chi connectivity index (χ1v) is 6.70. The Balaban J connectivity index is 2.20. The number of hydrazone groups is 1. The number of carbonyl (C=O) groups is 1. The highest BCUT2D eigenvalue weighted by molar-refractivity contribution is 7.14. The van der Waals surface area contributed by atoms with E-state index in [4.69, 9.17) is 10.8 Å². The number of aromatic nitrogens is 1. The second-order valence-electron chi connectivity index (χ2n) is 4.28. The molecule has 7 heteroatoms. The van der Waals surface area contributed by atoms with Gasteiger partial charge in [-0.15, -0.1) is 11.3 Å². The number of aryl methyl sites for hydroxylation is 2. The molecule has 0 aliphatic rings. The molecule has 0 aliphatic heterocycles. The molecule has 0 bridgehead atoms. The summed E-state index contributed by atoms with van der Waals surface area (Å²) in [6.07, 6.45) is 1.57. The van der Waals surface area contributed by atoms with E-state index in [0.29, 0.717) is 10.9 Å². The maximum absolute atomic E-state index is 11.1. The lowest BCUT2D eigenvalue weighted by molar-refractivity contribution is 0.0696. The van der Waals surface area contributed by atoms with E-state index in [0.717, 1.165) is 16.7 Å². The van der Waals surface area contributed by atoms with Gasteiger partial charge in [0.1, 0.15) is 5.82 Å². The number of aromatic carboxylic acids is 1. The molecule has 0 spiro atoms. The number of carboxylic acid groups (broad SMARTS) is 1. The van der Waals surface area contributed by atoms with Gasteiger partial charge in [-0.25, -0.2) is 9.78 Å². The summed E-state index contributed by atoms with van der Waals surface area (Å²) in [5.74, 6) is -0.509. The number of anilines is 2. The van der Waals surface area contributed by atoms with Crippen LogP contribution in [0.2, 0.25) is 0 Å². The van der Waals surface area contributed by atoms with Crippen molar-refractivity contribution in [3.05, 3.63) is 39.8 Å². The first-order valence-electron chi connectivity index (χ1n) is 5.82. The molecule has 0 fully saturated rings. The third-order valence-electron chi connectivity index (χ3n) is 2.73. The summed E-state index contributed by atoms with van der Waals surface area (Å²) in [5.41, 5.74) is 11.0. The van der Waals surface area contributed by atoms with Gasteiger partial charge in [0.2, 0.25) is 5.13 Å². The topological polar surface area (TPSA) is 101 Å². The van der Waals surface area contributed by atoms with Crippen molar-refractivity contribution in [1.82, 2.24) is 4.98 Å². The van der Waals surface area contributed by atoms with Crippen LogP contribution in [0.5, 0.6) is 0 Å². The molecule has 0 radical (unpaired) electrons. The van der Waals surface area contributed by atoms with Gasteiger partial charge in [-0.3, -0.25) is 5.43 Å². The van der Waals surface area contributed by atoms with Crippen LogP contribution in [0, 0.1) is 13.8 Å². The highest BCUT2D eigenvalue weighted by atomic mass is 32.1. The van der Waals surface area contributed by atoms with Gasteiger partial charge < -0.3 is 10.8 Å². The van der Waals surface area contributed by atoms with E-state index in [9.17, 15) is 4.79 Å². The van der Waals surface area contributed by atoms with Gasteiger partial charge in [-0.05, 0) is 36.6 Å². The molecule has 20 heavy (non-hydrogen) atoms. The number of nitrogens with two attached hydrogens (primary N) is 1. The van der Waals surface area contributed by atoms with E-state index in [-0.39, 0.29) is 5.56 Å². The van der Waals surface area contributed by atoms with Crippen molar-refractivity contribution in [2.45, 2.75) is 13.8 Å². The summed E-state index contributed by atoms with van der Waals surface area (Å²) in [7, 11) is 0. The highest BCUT2D eigenvalue weighted by Gasteiger charge is 2.09. The molecule has 0 atom stereocenters. The van der Waals surface area contributed by atoms with Crippen LogP contribution in [-0.2, 0) is 0 Å². The minimum atomic E-state index is -0.946. The Morgan fingerprint density at radius 1 is 1.45 bits per heavy atom. The molecular weight excluding hydrogens is 276 g/mol. The molecule has 1 aromatic carbocycles. The predicted octanol–water partition coefficient (Wildman–Crippen LogP) is 2.49. The van der Waals surface area contributed by atoms with Crippen molar-refractivity contribution in [3.8, 4) is 0 Å². The minimum Gasteiger partial charge on any atom is -0.478 e. The maximum Gasteiger partial charge on any atom is 0.335 e. The Hall–Kier alpha value is -2.41. The van der Waals surface area contributed by atoms with Crippen LogP contribution >= 0.6 is 11.3 Å². The smallest absolute Gasteiger partial charge is 0.335 e. The van der Waals surface area contributed by atoms with Crippen molar-refractivity contribution in [3.63, 3.8) is 0 Å². The molecule has 0 saturated heterocycles. The molecule has 1 heterocycles. The van der Waals surface area contributed by atoms with Crippen molar-refractivity contribution < 1.29 is 9.90 Å². The molecule has 2 rings (SSSR count). The zero-order valence-corrected chi connectivity index (χ0v) is 11.9. The fraction of sp³-hybridized carbons (Fsp3) is 0.154. The third kappa shape index (κ3) is 3.12. The first-order chi connectivity index (χ1) is 9.47. The van der Waals surface area contributed by atoms with Gasteiger partial charge >= 0.3 is 5.97 Å². The Labute approximate surface area is 120 Å². The number of thiazole rings is 1. The number of nitrogens with one attached hydrogen (secondary N) is 1. The summed E-state index contributed by atoms with van der Waals surface area (Å²) < 4.78 is 0. The molecule has 0 amide bonds. The zero-order chi connectivity index (χ0) is 14.7. The van der Waals surface area contributed by atoms with Crippen molar-refractivity contribution in [2.75, 3.05) is 11.2 Å². The van der Waals surface area contributed by atoms with Crippen LogP contribution in [0.15, 0.2) is 22.6 Å². The van der Waals surface area contributed by atoms with E-state index in [1.165, 1.54) is 11.3 Å². The number of hydrogen-bond acceptors (Lipinski definition) is 6. The summed E-state index contributed by atoms with van der Waals surface area (Å²) in [6, 6.07) is 3.43. The number of rotatable bonds is 4. The van der Waals surface area contributed by atoms with E-state index in [1.807, 2.05) is 13.0 Å². The van der Waals surface area contributed by atoms with Crippen molar-refractivity contribution in [1.29, 1.82) is 0 Å². The molecule has 0 unspecified atom stereocenters. The minimum absolute atomic E-state index is 0.274. The van der Waals surface area contributed by atoms with Gasteiger partial charge in [0.15, 0.2) is 0 Å². The van der Waals surface area contributed by atoms with E-state index < -0.39 is 5.97 Å². The Morgan fingerprint density at radius 3 is 2.80 bits per heavy atom. The molecular formula is C13H14N4O2S. The number of nitrogens with zero attached hydrogens (tertiary/aromatic N) is 2. The van der Waals surface area contributed by atoms with Crippen LogP contribution < -0.4 is 11.2 Å². The quantitative estimate of drug-likeness (QED) is 0.593. The summed E-state index contributed by atoms with van der Waals surface area (Å²) in [5, 5.41) is 15.4. The van der Waals surface area contributed by atoms with Crippen molar-refractivity contribution in [2.24, 2.45) is 5.10 Å². The Morgan fingerprint density at radius 2 is 2.20 bits per heavy atom. The Kier molecular flexibility index (Phi) is 3.99. The Bertz CT molecular complexity index is 679. The van der Waals surface area contributed by atoms with Gasteiger partial charge in [-0.2, -0.15) is 5.10 Å². The number of benzene rings is 1. The van der Waals surface area contributed by atoms with E-state index in [2.05, 4.69) is 15.5 Å². The van der Waals surface area contributed by atoms with E-state index >= 15 is 0 Å². The lowest BCUT2D eigenvalue weighted by Gasteiger charge is -2.06. The van der Waals surface area contributed by atoms with Gasteiger partial charge in [0, 0.05) is 5.38 Å². The number of nitrogen functional groups attached to an aromatic ring is 1. The fourth-order valence-corrected chi connectivity index (χ4v) is 2.28. The zero-order valence-electron chi connectivity index (χ0n) is 11.0. The van der Waals surface area contributed by atoms with Crippen LogP contribution in [0.1, 0.15) is 27.0 Å². The highest BCUT2D eigenvalue weighted by Crippen LogP contribution is 2.17. The molecule has 4 N–H and O–H groups in total. The first kappa shape index (κ1) is 14.0. The predicted molar refractivity (Wildman–Crippen MR) is 80.6 cm³/mol. The molecule has 0 saturated carbocycles. The number of hydrogen-bond donors (Lipinski definition) is 3. The summed E-state index contributed by atoms with van der Waals surface area (Å²) in [6.45, 7) is 3.68. The summed E-state index contributed by atoms with van der Waals surface area (Å²) in [4.78, 5) is 15.1. The second kappa shape index (κ2) is 5.70. The summed E-state index contributed by atoms with van der Waals surface area (Å²) >= 11 is 1.34. The van der Waals surface area contributed by atoms with Crippen LogP contribution in [0.4, 0.5) is 10.9 Å². The molecule has 2 aromatic rings. The average molecular weight is 290 g/mol. The maximum atomic E-state index is 11.1. The van der Waals surface area contributed by atoms with Crippen LogP contribution in [0.25, 0.3) is 0 Å². The standard InChI is InChI=1S/C13H14N4O2S/c1-7-3-8(2)10(12(18)19)4-9(7)5-15-17-13-16-11(14)6-20-13/h3-6H,14H2,1-2H3,(H,16,17)(H,18,19). The van der Waals surface area contributed by atoms with E-state index in [1.54, 1.807) is 24.6 Å². The lowest BCUT2D eigenvalue weighted by atomic mass is 10.0. The van der Waals surface area contributed by atoms with Gasteiger partial charge in [-0.1, -0.05) is 6.07 Å². The van der Waals surface area contributed by atoms with Gasteiger partial charge in [0.05, 0.1) is 11.8 Å². The molecule has 6 nitrogen and oxygen atoms in total. The third-order valence-corrected chi connectivity index (χ3v) is 3.49. The largest absolute Gasteiger partial charge is 0.478 e. The molecule has 0 aliphatic carbocycles. The normalized spacial score (nSPS) is 10.9. The molecule has 1 aromatic heterocycles. The lowest BCUT2D eigenvalue weighted by Crippen LogP contribution is -2.03. The molecule has 104 valence electrons. The monoisotopic (exact) mass is 290 g/mol. The van der Waals surface area contributed by atoms with Gasteiger partial charge in [0.25, 0.3) is 0 Å².